The van der Waals surface area contributed by atoms with Crippen molar-refractivity contribution in [1.29, 1.82) is 0 Å². The molecule has 0 saturated carbocycles. The zero-order valence-electron chi connectivity index (χ0n) is 8.08. The second-order valence-corrected chi connectivity index (χ2v) is 3.66. The summed E-state index contributed by atoms with van der Waals surface area (Å²) in [7, 11) is 0. The van der Waals surface area contributed by atoms with Crippen molar-refractivity contribution < 1.29 is 9.90 Å². The summed E-state index contributed by atoms with van der Waals surface area (Å²) in [6, 6.07) is 6.17. The first-order valence-electron chi connectivity index (χ1n) is 4.67. The Morgan fingerprint density at radius 2 is 2.29 bits per heavy atom. The van der Waals surface area contributed by atoms with Crippen molar-refractivity contribution in [1.82, 2.24) is 0 Å². The molecule has 0 aliphatic heterocycles. The Kier molecular flexibility index (Phi) is 2.12. The Balaban J connectivity index is 2.32. The summed E-state index contributed by atoms with van der Waals surface area (Å²) in [4.78, 5) is 10.6. The molecule has 1 N–H and O–H groups in total. The van der Waals surface area contributed by atoms with Crippen LogP contribution in [-0.2, 0) is 11.2 Å². The molecule has 1 aromatic rings. The molecule has 0 radical (unpaired) electrons. The number of hydrogen-bond donors (Lipinski definition) is 1. The van der Waals surface area contributed by atoms with Crippen molar-refractivity contribution in [3.05, 3.63) is 41.0 Å². The van der Waals surface area contributed by atoms with Gasteiger partial charge in [-0.2, -0.15) is 0 Å². The van der Waals surface area contributed by atoms with Gasteiger partial charge in [0.2, 0.25) is 0 Å². The first-order chi connectivity index (χ1) is 6.66. The van der Waals surface area contributed by atoms with Crippen LogP contribution in [0.15, 0.2) is 24.3 Å². The highest BCUT2D eigenvalue weighted by atomic mass is 16.4. The Bertz CT molecular complexity index is 416. The van der Waals surface area contributed by atoms with Crippen molar-refractivity contribution in [2.75, 3.05) is 0 Å². The number of aliphatic carboxylic acids is 1. The Morgan fingerprint density at radius 1 is 1.50 bits per heavy atom. The topological polar surface area (TPSA) is 37.3 Å². The van der Waals surface area contributed by atoms with Gasteiger partial charge in [0.05, 0.1) is 6.42 Å². The summed E-state index contributed by atoms with van der Waals surface area (Å²) in [5.41, 5.74) is 4.54. The zero-order valence-corrected chi connectivity index (χ0v) is 8.08. The molecule has 0 amide bonds. The maximum absolute atomic E-state index is 10.6. The van der Waals surface area contributed by atoms with Gasteiger partial charge in [0.1, 0.15) is 0 Å². The Morgan fingerprint density at radius 3 is 3.00 bits per heavy atom. The normalized spacial score (nSPS) is 13.6. The summed E-state index contributed by atoms with van der Waals surface area (Å²) in [6.45, 7) is 2.05. The van der Waals surface area contributed by atoms with E-state index in [1.807, 2.05) is 18.2 Å². The van der Waals surface area contributed by atoms with Crippen molar-refractivity contribution in [3.8, 4) is 0 Å². The van der Waals surface area contributed by atoms with E-state index in [0.717, 1.165) is 17.6 Å². The van der Waals surface area contributed by atoms with Crippen LogP contribution in [0.2, 0.25) is 0 Å². The van der Waals surface area contributed by atoms with E-state index >= 15 is 0 Å². The highest BCUT2D eigenvalue weighted by Crippen LogP contribution is 2.30. The zero-order chi connectivity index (χ0) is 10.1. The second-order valence-electron chi connectivity index (χ2n) is 3.66. The van der Waals surface area contributed by atoms with Crippen molar-refractivity contribution >= 4 is 11.5 Å². The lowest BCUT2D eigenvalue weighted by Gasteiger charge is -2.03. The van der Waals surface area contributed by atoms with Gasteiger partial charge < -0.3 is 5.11 Å². The van der Waals surface area contributed by atoms with Gasteiger partial charge in [-0.25, -0.2) is 0 Å². The SMILES string of the molecule is Cc1ccc2c(c1)CC=C2CC(=O)O. The van der Waals surface area contributed by atoms with E-state index in [2.05, 4.69) is 13.0 Å². The average Bonchev–Trinajstić information content (AvgIpc) is 2.47. The van der Waals surface area contributed by atoms with Crippen LogP contribution in [0.5, 0.6) is 0 Å². The molecule has 2 heteroatoms. The summed E-state index contributed by atoms with van der Waals surface area (Å²) in [6.07, 6.45) is 3.02. The van der Waals surface area contributed by atoms with Gasteiger partial charge in [0, 0.05) is 0 Å². The van der Waals surface area contributed by atoms with Gasteiger partial charge in [-0.1, -0.05) is 29.8 Å². The molecule has 1 aliphatic rings. The molecule has 2 nitrogen and oxygen atoms in total. The number of hydrogen-bond acceptors (Lipinski definition) is 1. The fourth-order valence-electron chi connectivity index (χ4n) is 1.88. The van der Waals surface area contributed by atoms with Gasteiger partial charge in [0.15, 0.2) is 0 Å². The van der Waals surface area contributed by atoms with Crippen LogP contribution in [0.25, 0.3) is 5.57 Å². The number of fused-ring (bicyclic) bond motifs is 1. The van der Waals surface area contributed by atoms with Crippen LogP contribution in [0.3, 0.4) is 0 Å². The maximum atomic E-state index is 10.6. The first kappa shape index (κ1) is 9.00. The molecule has 1 aliphatic carbocycles. The molecule has 0 saturated heterocycles. The maximum Gasteiger partial charge on any atom is 0.307 e. The number of allylic oxidation sites excluding steroid dienone is 1. The lowest BCUT2D eigenvalue weighted by atomic mass is 10.0. The van der Waals surface area contributed by atoms with Gasteiger partial charge in [-0.3, -0.25) is 4.79 Å². The molecule has 14 heavy (non-hydrogen) atoms. The lowest BCUT2D eigenvalue weighted by Crippen LogP contribution is -1.96. The third-order valence-electron chi connectivity index (χ3n) is 2.52. The standard InChI is InChI=1S/C12H12O2/c1-8-2-5-11-9(6-8)3-4-10(11)7-12(13)14/h2,4-6H,3,7H2,1H3,(H,13,14). The predicted octanol–water partition coefficient (Wildman–Crippen LogP) is 2.41. The van der Waals surface area contributed by atoms with Gasteiger partial charge >= 0.3 is 5.97 Å². The number of benzene rings is 1. The van der Waals surface area contributed by atoms with E-state index in [0.29, 0.717) is 0 Å². The third-order valence-corrected chi connectivity index (χ3v) is 2.52. The van der Waals surface area contributed by atoms with Crippen LogP contribution in [-0.4, -0.2) is 11.1 Å². The quantitative estimate of drug-likeness (QED) is 0.773. The summed E-state index contributed by atoms with van der Waals surface area (Å²) in [5, 5.41) is 8.71. The van der Waals surface area contributed by atoms with Crippen LogP contribution in [0, 0.1) is 6.92 Å². The Hall–Kier alpha value is -1.57. The molecule has 0 fully saturated rings. The molecule has 0 heterocycles. The summed E-state index contributed by atoms with van der Waals surface area (Å²) < 4.78 is 0. The largest absolute Gasteiger partial charge is 0.481 e. The highest BCUT2D eigenvalue weighted by molar-refractivity contribution is 5.86. The molecule has 0 spiro atoms. The van der Waals surface area contributed by atoms with Crippen LogP contribution < -0.4 is 0 Å². The van der Waals surface area contributed by atoms with Gasteiger partial charge in [-0.05, 0) is 30.0 Å². The molecule has 0 aromatic heterocycles. The van der Waals surface area contributed by atoms with E-state index in [1.54, 1.807) is 0 Å². The number of aryl methyl sites for hydroxylation is 1. The minimum absolute atomic E-state index is 0.135. The molecule has 72 valence electrons. The van der Waals surface area contributed by atoms with Crippen molar-refractivity contribution in [2.45, 2.75) is 19.8 Å². The number of carboxylic acid groups (broad SMARTS) is 1. The van der Waals surface area contributed by atoms with E-state index in [9.17, 15) is 4.79 Å². The summed E-state index contributed by atoms with van der Waals surface area (Å²) in [5.74, 6) is -0.760. The molecular weight excluding hydrogens is 176 g/mol. The molecule has 2 rings (SSSR count). The number of carbonyl (C=O) groups is 1. The van der Waals surface area contributed by atoms with Crippen LogP contribution in [0.4, 0.5) is 0 Å². The van der Waals surface area contributed by atoms with E-state index in [1.165, 1.54) is 11.1 Å². The van der Waals surface area contributed by atoms with E-state index in [4.69, 9.17) is 5.11 Å². The number of carboxylic acids is 1. The smallest absolute Gasteiger partial charge is 0.307 e. The number of rotatable bonds is 2. The van der Waals surface area contributed by atoms with E-state index < -0.39 is 5.97 Å². The average molecular weight is 188 g/mol. The van der Waals surface area contributed by atoms with Crippen LogP contribution in [0.1, 0.15) is 23.1 Å². The van der Waals surface area contributed by atoms with E-state index in [-0.39, 0.29) is 6.42 Å². The predicted molar refractivity (Wildman–Crippen MR) is 55.1 cm³/mol. The van der Waals surface area contributed by atoms with Gasteiger partial charge in [0.25, 0.3) is 0 Å². The monoisotopic (exact) mass is 188 g/mol. The molecule has 0 atom stereocenters. The minimum atomic E-state index is -0.760. The third kappa shape index (κ3) is 1.55. The second kappa shape index (κ2) is 3.29. The fraction of sp³-hybridized carbons (Fsp3) is 0.250. The van der Waals surface area contributed by atoms with Gasteiger partial charge in [-0.15, -0.1) is 0 Å². The molecule has 0 bridgehead atoms. The highest BCUT2D eigenvalue weighted by Gasteiger charge is 2.15. The lowest BCUT2D eigenvalue weighted by molar-refractivity contribution is -0.135. The first-order valence-corrected chi connectivity index (χ1v) is 4.67. The fourth-order valence-corrected chi connectivity index (χ4v) is 1.88. The summed E-state index contributed by atoms with van der Waals surface area (Å²) >= 11 is 0. The van der Waals surface area contributed by atoms with Crippen LogP contribution >= 0.6 is 0 Å². The molecule has 1 aromatic carbocycles. The van der Waals surface area contributed by atoms with Crippen molar-refractivity contribution in [3.63, 3.8) is 0 Å². The Labute approximate surface area is 82.9 Å². The molecular formula is C12H12O2. The minimum Gasteiger partial charge on any atom is -0.481 e. The van der Waals surface area contributed by atoms with Crippen molar-refractivity contribution in [2.24, 2.45) is 0 Å². The molecule has 0 unspecified atom stereocenters.